The predicted molar refractivity (Wildman–Crippen MR) is 147 cm³/mol. The topological polar surface area (TPSA) is 122 Å². The number of carbonyl (C=O) groups is 1. The number of nitro benzene ring substituents is 1. The van der Waals surface area contributed by atoms with Crippen molar-refractivity contribution in [3.8, 4) is 11.5 Å². The van der Waals surface area contributed by atoms with E-state index in [4.69, 9.17) is 19.2 Å². The maximum Gasteiger partial charge on any atom is 0.338 e. The van der Waals surface area contributed by atoms with Crippen LogP contribution < -0.4 is 24.4 Å². The van der Waals surface area contributed by atoms with E-state index in [1.807, 2.05) is 44.2 Å². The van der Waals surface area contributed by atoms with Gasteiger partial charge in [-0.15, -0.1) is 0 Å². The molecule has 3 aromatic rings. The molecular weight excluding hydrogens is 522 g/mol. The number of nitro groups is 1. The van der Waals surface area contributed by atoms with E-state index < -0.39 is 16.9 Å². The number of aromatic nitrogens is 1. The fourth-order valence-corrected chi connectivity index (χ4v) is 5.34. The Morgan fingerprint density at radius 2 is 1.79 bits per heavy atom. The maximum atomic E-state index is 13.2. The number of hydrogen-bond acceptors (Lipinski definition) is 9. The number of rotatable bonds is 9. The number of benzene rings is 2. The summed E-state index contributed by atoms with van der Waals surface area (Å²) in [5.74, 6) is -0.238. The Bertz CT molecular complexity index is 1630. The number of fused-ring (bicyclic) bond motifs is 1. The van der Waals surface area contributed by atoms with Crippen molar-refractivity contribution < 1.29 is 23.9 Å². The van der Waals surface area contributed by atoms with Gasteiger partial charge in [-0.3, -0.25) is 19.5 Å². The first-order valence-corrected chi connectivity index (χ1v) is 13.3. The Labute approximate surface area is 228 Å². The molecule has 0 saturated heterocycles. The van der Waals surface area contributed by atoms with Gasteiger partial charge in [0.25, 0.3) is 11.2 Å². The van der Waals surface area contributed by atoms with E-state index in [1.54, 1.807) is 20.8 Å². The summed E-state index contributed by atoms with van der Waals surface area (Å²) in [5.41, 5.74) is 1.58. The molecule has 204 valence electrons. The third kappa shape index (κ3) is 5.49. The smallest absolute Gasteiger partial charge is 0.338 e. The van der Waals surface area contributed by atoms with Gasteiger partial charge in [0.15, 0.2) is 16.3 Å². The lowest BCUT2D eigenvalue weighted by molar-refractivity contribution is -0.385. The van der Waals surface area contributed by atoms with Gasteiger partial charge in [-0.2, -0.15) is 0 Å². The summed E-state index contributed by atoms with van der Waals surface area (Å²) in [7, 11) is 0. The van der Waals surface area contributed by atoms with Crippen LogP contribution in [-0.2, 0) is 16.1 Å². The minimum absolute atomic E-state index is 0.0491. The van der Waals surface area contributed by atoms with Crippen molar-refractivity contribution >= 4 is 34.3 Å². The molecule has 2 heterocycles. The van der Waals surface area contributed by atoms with E-state index in [9.17, 15) is 19.7 Å². The minimum atomic E-state index is -1.10. The first-order chi connectivity index (χ1) is 18.7. The average Bonchev–Trinajstić information content (AvgIpc) is 3.25. The molecule has 0 spiro atoms. The van der Waals surface area contributed by atoms with Crippen LogP contribution >= 0.6 is 11.3 Å². The van der Waals surface area contributed by atoms with E-state index >= 15 is 0 Å². The van der Waals surface area contributed by atoms with E-state index in [0.717, 1.165) is 11.1 Å². The highest BCUT2D eigenvalue weighted by molar-refractivity contribution is 7.07. The Morgan fingerprint density at radius 3 is 2.41 bits per heavy atom. The van der Waals surface area contributed by atoms with Crippen molar-refractivity contribution in [2.75, 3.05) is 13.2 Å². The molecule has 0 bridgehead atoms. The summed E-state index contributed by atoms with van der Waals surface area (Å²) in [4.78, 5) is 43.1. The summed E-state index contributed by atoms with van der Waals surface area (Å²) in [6, 6.07) is 11.1. The highest BCUT2D eigenvalue weighted by Crippen LogP contribution is 2.43. The molecule has 0 aliphatic carbocycles. The molecule has 1 aliphatic heterocycles. The molecule has 0 unspecified atom stereocenters. The maximum absolute atomic E-state index is 13.2. The fraction of sp³-hybridized carbons (Fsp3) is 0.321. The van der Waals surface area contributed by atoms with Crippen molar-refractivity contribution in [3.05, 3.63) is 89.0 Å². The Kier molecular flexibility index (Phi) is 8.29. The molecule has 10 nitrogen and oxygen atoms in total. The number of esters is 1. The lowest BCUT2D eigenvalue weighted by atomic mass is 9.94. The Balaban J connectivity index is 1.95. The van der Waals surface area contributed by atoms with Crippen LogP contribution in [-0.4, -0.2) is 28.7 Å². The van der Waals surface area contributed by atoms with E-state index in [2.05, 4.69) is 0 Å². The van der Waals surface area contributed by atoms with E-state index in [1.165, 1.54) is 28.0 Å². The molecule has 0 fully saturated rings. The summed E-state index contributed by atoms with van der Waals surface area (Å²) in [6.07, 6.45) is 0. The van der Waals surface area contributed by atoms with Crippen molar-refractivity contribution in [1.29, 1.82) is 0 Å². The third-order valence-electron chi connectivity index (χ3n) is 6.09. The lowest BCUT2D eigenvalue weighted by Gasteiger charge is -2.23. The lowest BCUT2D eigenvalue weighted by Crippen LogP contribution is -2.35. The molecule has 1 aliphatic rings. The second kappa shape index (κ2) is 11.6. The van der Waals surface area contributed by atoms with E-state index in [-0.39, 0.29) is 53.7 Å². The van der Waals surface area contributed by atoms with Crippen LogP contribution in [0, 0.1) is 10.1 Å². The normalized spacial score (nSPS) is 14.3. The summed E-state index contributed by atoms with van der Waals surface area (Å²) in [6.45, 7) is 9.23. The van der Waals surface area contributed by atoms with Crippen LogP contribution in [0.4, 0.5) is 5.69 Å². The van der Waals surface area contributed by atoms with Crippen LogP contribution in [0.2, 0.25) is 0 Å². The predicted octanol–water partition coefficient (Wildman–Crippen LogP) is 4.15. The molecule has 39 heavy (non-hydrogen) atoms. The van der Waals surface area contributed by atoms with Gasteiger partial charge in [-0.05, 0) is 46.2 Å². The standard InChI is InChI=1S/C28H29N3O7S/c1-6-36-21-13-19(20(31(34)35)14-22(21)38-15-18-11-9-8-10-12-18)24-23(27(33)37-7-2)17(5)30-26(32)25(16(3)4)39-28(30)29-24/h8-14,24H,6-7,15H2,1-5H3/t24-/m1/s1. The summed E-state index contributed by atoms with van der Waals surface area (Å²) in [5, 5.41) is 12.3. The number of ether oxygens (including phenoxy) is 3. The molecule has 0 N–H and O–H groups in total. The monoisotopic (exact) mass is 551 g/mol. The fourth-order valence-electron chi connectivity index (χ4n) is 4.31. The molecular formula is C28H29N3O7S. The van der Waals surface area contributed by atoms with Gasteiger partial charge in [-0.25, -0.2) is 9.79 Å². The quantitative estimate of drug-likeness (QED) is 0.222. The molecule has 11 heteroatoms. The number of nitrogens with zero attached hydrogens (tertiary/aromatic N) is 3. The zero-order valence-electron chi connectivity index (χ0n) is 22.3. The molecule has 2 aromatic carbocycles. The Morgan fingerprint density at radius 1 is 1.10 bits per heavy atom. The van der Waals surface area contributed by atoms with Gasteiger partial charge >= 0.3 is 5.97 Å². The minimum Gasteiger partial charge on any atom is -0.490 e. The van der Waals surface area contributed by atoms with Crippen LogP contribution in [0.25, 0.3) is 11.3 Å². The van der Waals surface area contributed by atoms with Crippen molar-refractivity contribution in [2.45, 2.75) is 47.3 Å². The molecule has 0 saturated carbocycles. The summed E-state index contributed by atoms with van der Waals surface area (Å²) < 4.78 is 18.9. The number of hydrogen-bond donors (Lipinski definition) is 0. The second-order valence-electron chi connectivity index (χ2n) is 8.93. The van der Waals surface area contributed by atoms with Gasteiger partial charge in [0.1, 0.15) is 12.6 Å². The SMILES string of the molecule is CCOC(=O)C1=C(C)n2c(sc(=C(C)C)c2=O)=N[C@@H]1c1cc(OCC)c(OCc2ccccc2)cc1[N+](=O)[O-]. The highest BCUT2D eigenvalue weighted by atomic mass is 32.1. The van der Waals surface area contributed by atoms with Crippen molar-refractivity contribution in [2.24, 2.45) is 4.99 Å². The van der Waals surface area contributed by atoms with Gasteiger partial charge < -0.3 is 14.2 Å². The zero-order chi connectivity index (χ0) is 28.3. The van der Waals surface area contributed by atoms with Crippen molar-refractivity contribution in [3.63, 3.8) is 0 Å². The van der Waals surface area contributed by atoms with Gasteiger partial charge in [0.05, 0.1) is 39.9 Å². The summed E-state index contributed by atoms with van der Waals surface area (Å²) >= 11 is 1.17. The first-order valence-electron chi connectivity index (χ1n) is 12.4. The van der Waals surface area contributed by atoms with Crippen LogP contribution in [0.1, 0.15) is 51.8 Å². The van der Waals surface area contributed by atoms with Crippen molar-refractivity contribution in [1.82, 2.24) is 4.57 Å². The Hall–Kier alpha value is -4.25. The molecule has 1 atom stereocenters. The van der Waals surface area contributed by atoms with Crippen LogP contribution in [0.5, 0.6) is 11.5 Å². The second-order valence-corrected chi connectivity index (χ2v) is 9.91. The molecule has 4 rings (SSSR count). The van der Waals surface area contributed by atoms with Gasteiger partial charge in [0.2, 0.25) is 0 Å². The van der Waals surface area contributed by atoms with Gasteiger partial charge in [-0.1, -0.05) is 47.2 Å². The third-order valence-corrected chi connectivity index (χ3v) is 7.35. The van der Waals surface area contributed by atoms with Gasteiger partial charge in [0, 0.05) is 5.70 Å². The average molecular weight is 552 g/mol. The molecule has 0 radical (unpaired) electrons. The first kappa shape index (κ1) is 27.8. The number of thiazole rings is 1. The molecule has 1 aromatic heterocycles. The van der Waals surface area contributed by atoms with E-state index in [0.29, 0.717) is 15.0 Å². The molecule has 0 amide bonds. The number of allylic oxidation sites excluding steroid dienone is 1. The zero-order valence-corrected chi connectivity index (χ0v) is 23.2. The van der Waals surface area contributed by atoms with Crippen LogP contribution in [0.15, 0.2) is 57.8 Å². The number of carbonyl (C=O) groups excluding carboxylic acids is 1. The largest absolute Gasteiger partial charge is 0.490 e. The highest BCUT2D eigenvalue weighted by Gasteiger charge is 2.36. The van der Waals surface area contributed by atoms with Crippen LogP contribution in [0.3, 0.4) is 0 Å².